The van der Waals surface area contributed by atoms with Gasteiger partial charge in [-0.15, -0.1) is 0 Å². The lowest BCUT2D eigenvalue weighted by Gasteiger charge is -2.11. The monoisotopic (exact) mass is 341 g/mol. The van der Waals surface area contributed by atoms with Crippen molar-refractivity contribution in [1.29, 1.82) is 0 Å². The van der Waals surface area contributed by atoms with Crippen LogP contribution in [0.3, 0.4) is 0 Å². The van der Waals surface area contributed by atoms with E-state index in [9.17, 15) is 17.9 Å². The summed E-state index contributed by atoms with van der Waals surface area (Å²) in [5.41, 5.74) is 0.914. The van der Waals surface area contributed by atoms with Crippen molar-refractivity contribution in [3.8, 4) is 0 Å². The van der Waals surface area contributed by atoms with Crippen molar-refractivity contribution in [3.05, 3.63) is 52.7 Å². The van der Waals surface area contributed by atoms with E-state index < -0.39 is 21.9 Å². The van der Waals surface area contributed by atoms with Crippen molar-refractivity contribution in [2.24, 2.45) is 0 Å². The number of benzene rings is 1. The van der Waals surface area contributed by atoms with Gasteiger partial charge in [0, 0.05) is 12.1 Å². The molecular formula is C16H20FNO4S. The second-order valence-electron chi connectivity index (χ2n) is 5.48. The van der Waals surface area contributed by atoms with Crippen molar-refractivity contribution in [3.63, 3.8) is 0 Å². The minimum atomic E-state index is -3.73. The fourth-order valence-corrected chi connectivity index (χ4v) is 3.47. The number of nitrogens with one attached hydrogen (secondary N) is 1. The highest BCUT2D eigenvalue weighted by atomic mass is 32.2. The molecular weight excluding hydrogens is 321 g/mol. The van der Waals surface area contributed by atoms with Crippen molar-refractivity contribution < 1.29 is 22.3 Å². The Bertz CT molecular complexity index is 798. The maximum absolute atomic E-state index is 13.2. The standard InChI is InChI=1S/C16H20FNO4S/c1-10-8-13(4-5-15(10)17)23(20,21)18-7-6-16(19)14-9-11(2)22-12(14)3/h4-5,8-9,16,18-19H,6-7H2,1-3H3. The molecule has 23 heavy (non-hydrogen) atoms. The molecule has 0 radical (unpaired) electrons. The highest BCUT2D eigenvalue weighted by molar-refractivity contribution is 7.89. The van der Waals surface area contributed by atoms with Crippen LogP contribution in [0.5, 0.6) is 0 Å². The molecule has 0 amide bonds. The van der Waals surface area contributed by atoms with Gasteiger partial charge in [0.2, 0.25) is 10.0 Å². The first-order valence-corrected chi connectivity index (χ1v) is 8.70. The average Bonchev–Trinajstić information content (AvgIpc) is 2.80. The molecule has 0 spiro atoms. The van der Waals surface area contributed by atoms with Gasteiger partial charge in [-0.1, -0.05) is 0 Å². The maximum Gasteiger partial charge on any atom is 0.240 e. The molecule has 0 aliphatic carbocycles. The van der Waals surface area contributed by atoms with Crippen LogP contribution in [0.1, 0.15) is 35.2 Å². The van der Waals surface area contributed by atoms with E-state index in [2.05, 4.69) is 4.72 Å². The predicted octanol–water partition coefficient (Wildman–Crippen LogP) is 2.75. The van der Waals surface area contributed by atoms with Gasteiger partial charge in [0.05, 0.1) is 11.0 Å². The number of hydrogen-bond acceptors (Lipinski definition) is 4. The fourth-order valence-electron chi connectivity index (χ4n) is 2.33. The van der Waals surface area contributed by atoms with Crippen molar-refractivity contribution in [2.45, 2.75) is 38.2 Å². The van der Waals surface area contributed by atoms with Crippen molar-refractivity contribution in [1.82, 2.24) is 4.72 Å². The SMILES string of the molecule is Cc1cc(C(O)CCNS(=O)(=O)c2ccc(F)c(C)c2)c(C)o1. The normalized spacial score (nSPS) is 13.3. The van der Waals surface area contributed by atoms with Gasteiger partial charge in [0.1, 0.15) is 17.3 Å². The third-order valence-electron chi connectivity index (χ3n) is 3.59. The molecule has 2 rings (SSSR count). The topological polar surface area (TPSA) is 79.5 Å². The van der Waals surface area contributed by atoms with Gasteiger partial charge in [0.15, 0.2) is 0 Å². The number of rotatable bonds is 6. The van der Waals surface area contributed by atoms with Crippen LogP contribution in [-0.4, -0.2) is 20.1 Å². The molecule has 0 bridgehead atoms. The summed E-state index contributed by atoms with van der Waals surface area (Å²) in [5.74, 6) is 0.858. The molecule has 7 heteroatoms. The van der Waals surface area contributed by atoms with E-state index in [-0.39, 0.29) is 23.4 Å². The second kappa shape index (κ2) is 6.82. The molecule has 0 aliphatic heterocycles. The van der Waals surface area contributed by atoms with Crippen LogP contribution in [0.25, 0.3) is 0 Å². The van der Waals surface area contributed by atoms with Crippen LogP contribution in [-0.2, 0) is 10.0 Å². The Morgan fingerprint density at radius 1 is 1.26 bits per heavy atom. The molecule has 2 N–H and O–H groups in total. The number of furan rings is 1. The van der Waals surface area contributed by atoms with Gasteiger partial charge in [-0.25, -0.2) is 17.5 Å². The largest absolute Gasteiger partial charge is 0.466 e. The summed E-state index contributed by atoms with van der Waals surface area (Å²) in [6.45, 7) is 5.09. The number of aliphatic hydroxyl groups excluding tert-OH is 1. The predicted molar refractivity (Wildman–Crippen MR) is 84.1 cm³/mol. The van der Waals surface area contributed by atoms with E-state index in [1.807, 2.05) is 0 Å². The molecule has 5 nitrogen and oxygen atoms in total. The average molecular weight is 341 g/mol. The first-order valence-electron chi connectivity index (χ1n) is 7.21. The zero-order valence-electron chi connectivity index (χ0n) is 13.3. The lowest BCUT2D eigenvalue weighted by atomic mass is 10.1. The molecule has 1 unspecified atom stereocenters. The van der Waals surface area contributed by atoms with Gasteiger partial charge in [-0.05, 0) is 57.0 Å². The van der Waals surface area contributed by atoms with Crippen LogP contribution in [0.15, 0.2) is 33.6 Å². The minimum Gasteiger partial charge on any atom is -0.466 e. The summed E-state index contributed by atoms with van der Waals surface area (Å²) >= 11 is 0. The molecule has 1 aromatic heterocycles. The molecule has 1 aromatic carbocycles. The van der Waals surface area contributed by atoms with Crippen LogP contribution >= 0.6 is 0 Å². The van der Waals surface area contributed by atoms with Crippen molar-refractivity contribution in [2.75, 3.05) is 6.54 Å². The number of aliphatic hydroxyl groups is 1. The van der Waals surface area contributed by atoms with E-state index in [1.54, 1.807) is 19.9 Å². The first kappa shape index (κ1) is 17.7. The first-order chi connectivity index (χ1) is 10.7. The van der Waals surface area contributed by atoms with E-state index >= 15 is 0 Å². The molecule has 126 valence electrons. The number of sulfonamides is 1. The highest BCUT2D eigenvalue weighted by Crippen LogP contribution is 2.23. The molecule has 0 saturated heterocycles. The van der Waals surface area contributed by atoms with Crippen LogP contribution in [0.4, 0.5) is 4.39 Å². The van der Waals surface area contributed by atoms with Gasteiger partial charge in [0.25, 0.3) is 0 Å². The Kier molecular flexibility index (Phi) is 5.23. The summed E-state index contributed by atoms with van der Waals surface area (Å²) in [7, 11) is -3.73. The summed E-state index contributed by atoms with van der Waals surface area (Å²) in [4.78, 5) is 0.00114. The number of aryl methyl sites for hydroxylation is 3. The highest BCUT2D eigenvalue weighted by Gasteiger charge is 2.18. The third-order valence-corrected chi connectivity index (χ3v) is 5.05. The van der Waals surface area contributed by atoms with Gasteiger partial charge >= 0.3 is 0 Å². The molecule has 0 fully saturated rings. The van der Waals surface area contributed by atoms with Crippen molar-refractivity contribution >= 4 is 10.0 Å². The Labute approximate surface area is 135 Å². The summed E-state index contributed by atoms with van der Waals surface area (Å²) in [6.07, 6.45) is -0.607. The fraction of sp³-hybridized carbons (Fsp3) is 0.375. The molecule has 0 aliphatic rings. The van der Waals surface area contributed by atoms with Crippen LogP contribution < -0.4 is 4.72 Å². The zero-order chi connectivity index (χ0) is 17.2. The Hall–Kier alpha value is -1.70. The summed E-state index contributed by atoms with van der Waals surface area (Å²) in [6, 6.07) is 5.34. The molecule has 0 saturated carbocycles. The Morgan fingerprint density at radius 3 is 2.52 bits per heavy atom. The smallest absolute Gasteiger partial charge is 0.240 e. The van der Waals surface area contributed by atoms with Gasteiger partial charge in [-0.2, -0.15) is 0 Å². The summed E-state index contributed by atoms with van der Waals surface area (Å²) < 4.78 is 45.3. The minimum absolute atomic E-state index is 0.00114. The second-order valence-corrected chi connectivity index (χ2v) is 7.25. The van der Waals surface area contributed by atoms with Crippen LogP contribution in [0, 0.1) is 26.6 Å². The Morgan fingerprint density at radius 2 is 1.96 bits per heavy atom. The van der Waals surface area contributed by atoms with E-state index in [0.29, 0.717) is 17.1 Å². The van der Waals surface area contributed by atoms with Gasteiger partial charge in [-0.3, -0.25) is 0 Å². The van der Waals surface area contributed by atoms with E-state index in [4.69, 9.17) is 4.42 Å². The third kappa shape index (κ3) is 4.19. The molecule has 1 heterocycles. The number of halogens is 1. The molecule has 1 atom stereocenters. The van der Waals surface area contributed by atoms with Crippen LogP contribution in [0.2, 0.25) is 0 Å². The van der Waals surface area contributed by atoms with E-state index in [1.165, 1.54) is 19.1 Å². The van der Waals surface area contributed by atoms with E-state index in [0.717, 1.165) is 6.07 Å². The zero-order valence-corrected chi connectivity index (χ0v) is 14.1. The van der Waals surface area contributed by atoms with Gasteiger partial charge < -0.3 is 9.52 Å². The Balaban J connectivity index is 1.99. The summed E-state index contributed by atoms with van der Waals surface area (Å²) in [5, 5.41) is 10.1. The lowest BCUT2D eigenvalue weighted by molar-refractivity contribution is 0.167. The maximum atomic E-state index is 13.2. The number of hydrogen-bond donors (Lipinski definition) is 2. The quantitative estimate of drug-likeness (QED) is 0.847. The lowest BCUT2D eigenvalue weighted by Crippen LogP contribution is -2.26. The molecule has 2 aromatic rings.